The Morgan fingerprint density at radius 1 is 0.160 bits per heavy atom. The minimum absolute atomic E-state index is 0.880. The van der Waals surface area contributed by atoms with E-state index in [9.17, 15) is 0 Å². The van der Waals surface area contributed by atoms with Gasteiger partial charge >= 0.3 is 0 Å². The maximum atomic E-state index is 5.92. The summed E-state index contributed by atoms with van der Waals surface area (Å²) < 4.78 is 0. The zero-order valence-corrected chi connectivity index (χ0v) is 45.6. The van der Waals surface area contributed by atoms with E-state index in [1.165, 1.54) is 0 Å². The van der Waals surface area contributed by atoms with Crippen molar-refractivity contribution in [2.45, 2.75) is 20.8 Å². The Labute approximate surface area is 475 Å². The Morgan fingerprint density at radius 3 is 0.506 bits per heavy atom. The summed E-state index contributed by atoms with van der Waals surface area (Å²) >= 11 is 0. The normalized spacial score (nSPS) is 11.1. The van der Waals surface area contributed by atoms with Crippen LogP contribution in [-0.4, -0.2) is 15.0 Å². The van der Waals surface area contributed by atoms with Gasteiger partial charge in [-0.15, -0.1) is 0 Å². The molecule has 0 N–H and O–H groups in total. The topological polar surface area (TPSA) is 38.7 Å². The first-order valence-electron chi connectivity index (χ1n) is 27.8. The van der Waals surface area contributed by atoms with Crippen molar-refractivity contribution in [1.82, 2.24) is 15.0 Å². The largest absolute Gasteiger partial charge is 0.247 e. The molecule has 0 fully saturated rings. The second kappa shape index (κ2) is 22.2. The lowest BCUT2D eigenvalue weighted by molar-refractivity contribution is 1.25. The van der Waals surface area contributed by atoms with E-state index in [0.717, 1.165) is 151 Å². The quantitative estimate of drug-likeness (QED) is 0.122. The van der Waals surface area contributed by atoms with Crippen LogP contribution in [0.4, 0.5) is 0 Å². The van der Waals surface area contributed by atoms with Crippen molar-refractivity contribution in [2.75, 3.05) is 0 Å². The molecule has 0 amide bonds. The molecule has 13 aromatic rings. The van der Waals surface area contributed by atoms with E-state index in [4.69, 9.17) is 15.0 Å². The third kappa shape index (κ3) is 9.66. The summed E-state index contributed by atoms with van der Waals surface area (Å²) in [5.41, 5.74) is 27.9. The molecular formula is C78H57N3. The molecule has 0 saturated heterocycles. The third-order valence-corrected chi connectivity index (χ3v) is 15.6. The van der Waals surface area contributed by atoms with Gasteiger partial charge in [0, 0.05) is 50.1 Å². The van der Waals surface area contributed by atoms with E-state index < -0.39 is 0 Å². The predicted octanol–water partition coefficient (Wildman–Crippen LogP) is 20.8. The molecule has 3 nitrogen and oxygen atoms in total. The second-order valence-corrected chi connectivity index (χ2v) is 20.6. The maximum Gasteiger partial charge on any atom is 0.0794 e. The number of hydrogen-bond donors (Lipinski definition) is 0. The molecule has 0 aliphatic rings. The van der Waals surface area contributed by atoms with E-state index in [0.29, 0.717) is 0 Å². The Bertz CT molecular complexity index is 3880. The Balaban J connectivity index is 1.19. The Morgan fingerprint density at radius 2 is 0.321 bits per heavy atom. The third-order valence-electron chi connectivity index (χ3n) is 15.6. The monoisotopic (exact) mass is 1040 g/mol. The van der Waals surface area contributed by atoms with Crippen LogP contribution in [-0.2, 0) is 0 Å². The Hall–Kier alpha value is -10.4. The molecule has 3 heterocycles. The highest BCUT2D eigenvalue weighted by Crippen LogP contribution is 2.50. The lowest BCUT2D eigenvalue weighted by Gasteiger charge is -2.24. The summed E-state index contributed by atoms with van der Waals surface area (Å²) in [5, 5.41) is 0. The molecule has 0 radical (unpaired) electrons. The van der Waals surface area contributed by atoms with Crippen LogP contribution in [0.1, 0.15) is 16.7 Å². The first kappa shape index (κ1) is 50.2. The first-order chi connectivity index (χ1) is 40.0. The average molecular weight is 1040 g/mol. The lowest BCUT2D eigenvalue weighted by Crippen LogP contribution is -2.04. The minimum Gasteiger partial charge on any atom is -0.247 e. The molecule has 13 rings (SSSR count). The Kier molecular flexibility index (Phi) is 13.7. The van der Waals surface area contributed by atoms with E-state index in [-0.39, 0.29) is 0 Å². The van der Waals surface area contributed by atoms with Crippen molar-refractivity contribution < 1.29 is 0 Å². The summed E-state index contributed by atoms with van der Waals surface area (Å²) in [6.45, 7) is 6.74. The molecule has 0 spiro atoms. The fourth-order valence-electron chi connectivity index (χ4n) is 11.9. The molecule has 81 heavy (non-hydrogen) atoms. The minimum atomic E-state index is 0.880. The molecule has 0 aliphatic heterocycles. The molecular weight excluding hydrogens is 979 g/mol. The van der Waals surface area contributed by atoms with Crippen molar-refractivity contribution in [2.24, 2.45) is 0 Å². The maximum absolute atomic E-state index is 5.92. The summed E-state index contributed by atoms with van der Waals surface area (Å²) in [7, 11) is 0. The molecule has 10 aromatic carbocycles. The van der Waals surface area contributed by atoms with Crippen LogP contribution in [0, 0.1) is 20.8 Å². The van der Waals surface area contributed by atoms with Crippen molar-refractivity contribution in [3.63, 3.8) is 0 Å². The van der Waals surface area contributed by atoms with Crippen LogP contribution in [0.5, 0.6) is 0 Å². The van der Waals surface area contributed by atoms with Gasteiger partial charge in [-0.3, -0.25) is 0 Å². The van der Waals surface area contributed by atoms with Crippen LogP contribution >= 0.6 is 0 Å². The number of pyridine rings is 3. The lowest BCUT2D eigenvalue weighted by atomic mass is 9.83. The molecule has 3 heteroatoms. The van der Waals surface area contributed by atoms with Gasteiger partial charge in [0.25, 0.3) is 0 Å². The van der Waals surface area contributed by atoms with Gasteiger partial charge in [-0.05, 0) is 106 Å². The molecule has 0 bridgehead atoms. The molecule has 3 aromatic heterocycles. The van der Waals surface area contributed by atoms with Crippen molar-refractivity contribution in [3.8, 4) is 134 Å². The number of aromatic nitrogens is 3. The highest BCUT2D eigenvalue weighted by atomic mass is 14.8. The predicted molar refractivity (Wildman–Crippen MR) is 339 cm³/mol. The fraction of sp³-hybridized carbons (Fsp3) is 0.0385. The molecule has 0 unspecified atom stereocenters. The zero-order valence-electron chi connectivity index (χ0n) is 45.6. The summed E-state index contributed by atoms with van der Waals surface area (Å²) in [6, 6.07) is 104. The molecule has 0 aliphatic carbocycles. The SMILES string of the molecule is Cc1c(-c2cc(-c3nc(-c4ccccc4)c(-c4ccccc4)c(-c4ccccc4)c3C)cc(-c3nc(-c4ccccc4)c(-c4ccccc4)c(-c4ccccc4)c3C)c2)nc(-c2ccccc2)c(-c2ccccc2)c1-c1ccccc1. The standard InChI is InChI=1S/C78H57N3/c1-52-67(55-31-13-4-14-32-55)70(58-37-19-7-20-38-58)76(61-43-25-10-26-44-61)79-73(52)64-49-65(74-53(2)68(56-33-15-5-16-34-56)71(59-39-21-8-22-40-59)77(80-74)62-45-27-11-28-46-62)51-66(50-64)75-54(3)69(57-35-17-6-18-36-57)72(60-41-23-9-24-42-60)78(81-75)63-47-29-12-30-48-63/h4-51H,1-3H3. The van der Waals surface area contributed by atoms with Crippen molar-refractivity contribution in [1.29, 1.82) is 0 Å². The van der Waals surface area contributed by atoms with E-state index in [1.807, 2.05) is 0 Å². The summed E-state index contributed by atoms with van der Waals surface area (Å²) in [6.07, 6.45) is 0. The van der Waals surface area contributed by atoms with E-state index in [2.05, 4.69) is 312 Å². The van der Waals surface area contributed by atoms with E-state index in [1.54, 1.807) is 0 Å². The number of rotatable bonds is 12. The van der Waals surface area contributed by atoms with Gasteiger partial charge in [0.05, 0.1) is 34.2 Å². The van der Waals surface area contributed by atoms with Crippen molar-refractivity contribution >= 4 is 0 Å². The highest BCUT2D eigenvalue weighted by molar-refractivity contribution is 6.02. The fourth-order valence-corrected chi connectivity index (χ4v) is 11.9. The van der Waals surface area contributed by atoms with Crippen LogP contribution in [0.2, 0.25) is 0 Å². The van der Waals surface area contributed by atoms with Gasteiger partial charge < -0.3 is 0 Å². The van der Waals surface area contributed by atoms with Gasteiger partial charge in [0.15, 0.2) is 0 Å². The number of nitrogens with zero attached hydrogens (tertiary/aromatic N) is 3. The number of benzene rings is 10. The van der Waals surface area contributed by atoms with Crippen LogP contribution in [0.15, 0.2) is 291 Å². The zero-order chi connectivity index (χ0) is 54.7. The first-order valence-corrected chi connectivity index (χ1v) is 27.8. The van der Waals surface area contributed by atoms with Gasteiger partial charge in [0.2, 0.25) is 0 Å². The van der Waals surface area contributed by atoms with Crippen molar-refractivity contribution in [3.05, 3.63) is 308 Å². The summed E-state index contributed by atoms with van der Waals surface area (Å²) in [5.74, 6) is 0. The van der Waals surface area contributed by atoms with Gasteiger partial charge in [0.1, 0.15) is 0 Å². The van der Waals surface area contributed by atoms with E-state index >= 15 is 0 Å². The van der Waals surface area contributed by atoms with Gasteiger partial charge in [-0.1, -0.05) is 273 Å². The van der Waals surface area contributed by atoms with Gasteiger partial charge in [-0.2, -0.15) is 0 Å². The van der Waals surface area contributed by atoms with Gasteiger partial charge in [-0.25, -0.2) is 15.0 Å². The highest BCUT2D eigenvalue weighted by Gasteiger charge is 2.28. The summed E-state index contributed by atoms with van der Waals surface area (Å²) in [4.78, 5) is 17.8. The molecule has 384 valence electrons. The van der Waals surface area contributed by atoms with Crippen LogP contribution in [0.3, 0.4) is 0 Å². The van der Waals surface area contributed by atoms with Crippen LogP contribution in [0.25, 0.3) is 134 Å². The number of hydrogen-bond acceptors (Lipinski definition) is 3. The molecule has 0 saturated carbocycles. The average Bonchev–Trinajstić information content (AvgIpc) is 3.71. The second-order valence-electron chi connectivity index (χ2n) is 20.6. The van der Waals surface area contributed by atoms with Crippen LogP contribution < -0.4 is 0 Å². The molecule has 0 atom stereocenters. The smallest absolute Gasteiger partial charge is 0.0794 e.